The fourth-order valence-corrected chi connectivity index (χ4v) is 3.34. The maximum Gasteiger partial charge on any atom is 0.261 e. The lowest BCUT2D eigenvalue weighted by Crippen LogP contribution is -2.29. The minimum atomic E-state index is -0.0433. The summed E-state index contributed by atoms with van der Waals surface area (Å²) < 4.78 is 1.01. The third-order valence-electron chi connectivity index (χ3n) is 2.29. The van der Waals surface area contributed by atoms with E-state index in [1.807, 2.05) is 13.0 Å². The van der Waals surface area contributed by atoms with E-state index in [-0.39, 0.29) is 11.3 Å². The first-order valence-electron chi connectivity index (χ1n) is 5.58. The van der Waals surface area contributed by atoms with Crippen molar-refractivity contribution in [3.63, 3.8) is 0 Å². The highest BCUT2D eigenvalue weighted by atomic mass is 79.9. The molecule has 2 nitrogen and oxygen atoms in total. The van der Waals surface area contributed by atoms with Crippen LogP contribution in [-0.2, 0) is 0 Å². The number of hydrogen-bond acceptors (Lipinski definition) is 2. The van der Waals surface area contributed by atoms with Crippen LogP contribution in [0.4, 0.5) is 0 Å². The number of thiophene rings is 1. The summed E-state index contributed by atoms with van der Waals surface area (Å²) in [6, 6.07) is 1.88. The predicted octanol–water partition coefficient (Wildman–Crippen LogP) is 4.20. The van der Waals surface area contributed by atoms with Crippen molar-refractivity contribution < 1.29 is 4.79 Å². The number of amides is 1. The standard InChI is InChI=1S/C12H17BrClNOS/c1-7(2)4-9(14)6-15-12(16)10-5-8(3)11(13)17-10/h5,7,9H,4,6H2,1-3H3,(H,15,16). The number of carbonyl (C=O) groups excluding carboxylic acids is 1. The zero-order valence-corrected chi connectivity index (χ0v) is 13.4. The summed E-state index contributed by atoms with van der Waals surface area (Å²) in [7, 11) is 0. The molecule has 1 aromatic rings. The second-order valence-corrected chi connectivity index (χ2v) is 7.49. The minimum Gasteiger partial charge on any atom is -0.350 e. The summed E-state index contributed by atoms with van der Waals surface area (Å²) in [6.07, 6.45) is 0.912. The van der Waals surface area contributed by atoms with Crippen molar-refractivity contribution in [3.8, 4) is 0 Å². The molecular weight excluding hydrogens is 322 g/mol. The molecule has 17 heavy (non-hydrogen) atoms. The van der Waals surface area contributed by atoms with Crippen LogP contribution >= 0.6 is 38.9 Å². The third-order valence-corrected chi connectivity index (χ3v) is 4.76. The lowest BCUT2D eigenvalue weighted by Gasteiger charge is -2.12. The quantitative estimate of drug-likeness (QED) is 0.801. The van der Waals surface area contributed by atoms with Crippen molar-refractivity contribution in [3.05, 3.63) is 20.3 Å². The summed E-state index contributed by atoms with van der Waals surface area (Å²) in [4.78, 5) is 12.5. The van der Waals surface area contributed by atoms with Gasteiger partial charge in [-0.2, -0.15) is 0 Å². The van der Waals surface area contributed by atoms with Gasteiger partial charge in [-0.3, -0.25) is 4.79 Å². The molecule has 0 radical (unpaired) electrons. The van der Waals surface area contributed by atoms with Gasteiger partial charge in [0, 0.05) is 6.54 Å². The van der Waals surface area contributed by atoms with Gasteiger partial charge in [0.15, 0.2) is 0 Å². The van der Waals surface area contributed by atoms with Crippen molar-refractivity contribution in [1.82, 2.24) is 5.32 Å². The molecular formula is C12H17BrClNOS. The van der Waals surface area contributed by atoms with E-state index in [9.17, 15) is 4.79 Å². The van der Waals surface area contributed by atoms with Gasteiger partial charge >= 0.3 is 0 Å². The van der Waals surface area contributed by atoms with Crippen LogP contribution in [0.25, 0.3) is 0 Å². The number of carbonyl (C=O) groups is 1. The van der Waals surface area contributed by atoms with E-state index in [0.29, 0.717) is 12.5 Å². The molecule has 1 atom stereocenters. The zero-order chi connectivity index (χ0) is 13.0. The fraction of sp³-hybridized carbons (Fsp3) is 0.583. The highest BCUT2D eigenvalue weighted by Gasteiger charge is 2.13. The Morgan fingerprint density at radius 3 is 2.71 bits per heavy atom. The van der Waals surface area contributed by atoms with Gasteiger partial charge in [0.05, 0.1) is 14.0 Å². The highest BCUT2D eigenvalue weighted by Crippen LogP contribution is 2.27. The maximum atomic E-state index is 11.8. The van der Waals surface area contributed by atoms with Gasteiger partial charge in [0.1, 0.15) is 0 Å². The average Bonchev–Trinajstić information content (AvgIpc) is 2.55. The van der Waals surface area contributed by atoms with Gasteiger partial charge < -0.3 is 5.32 Å². The van der Waals surface area contributed by atoms with Crippen LogP contribution in [0.3, 0.4) is 0 Å². The molecule has 0 bridgehead atoms. The van der Waals surface area contributed by atoms with Crippen LogP contribution in [0.2, 0.25) is 0 Å². The molecule has 0 saturated carbocycles. The molecule has 1 unspecified atom stereocenters. The van der Waals surface area contributed by atoms with E-state index in [2.05, 4.69) is 35.1 Å². The van der Waals surface area contributed by atoms with E-state index >= 15 is 0 Å². The first kappa shape index (κ1) is 15.0. The Morgan fingerprint density at radius 1 is 1.59 bits per heavy atom. The van der Waals surface area contributed by atoms with Gasteiger partial charge in [-0.25, -0.2) is 0 Å². The highest BCUT2D eigenvalue weighted by molar-refractivity contribution is 9.11. The van der Waals surface area contributed by atoms with Gasteiger partial charge in [-0.05, 0) is 46.8 Å². The summed E-state index contributed by atoms with van der Waals surface area (Å²) >= 11 is 11.0. The predicted molar refractivity (Wildman–Crippen MR) is 78.2 cm³/mol. The molecule has 0 aromatic carbocycles. The van der Waals surface area contributed by atoms with Crippen molar-refractivity contribution in [2.24, 2.45) is 5.92 Å². The van der Waals surface area contributed by atoms with Crippen molar-refractivity contribution in [2.75, 3.05) is 6.54 Å². The van der Waals surface area contributed by atoms with E-state index in [1.54, 1.807) is 0 Å². The van der Waals surface area contributed by atoms with E-state index in [4.69, 9.17) is 11.6 Å². The Labute approximate surface area is 120 Å². The molecule has 0 saturated heterocycles. The van der Waals surface area contributed by atoms with Gasteiger partial charge in [-0.1, -0.05) is 13.8 Å². The van der Waals surface area contributed by atoms with E-state index in [1.165, 1.54) is 11.3 Å². The molecule has 0 aliphatic rings. The average molecular weight is 339 g/mol. The Balaban J connectivity index is 2.45. The topological polar surface area (TPSA) is 29.1 Å². The minimum absolute atomic E-state index is 0.00319. The third kappa shape index (κ3) is 4.98. The molecule has 1 aromatic heterocycles. The van der Waals surface area contributed by atoms with E-state index in [0.717, 1.165) is 20.6 Å². The number of alkyl halides is 1. The first-order chi connectivity index (χ1) is 7.90. The molecule has 1 amide bonds. The van der Waals surface area contributed by atoms with Crippen molar-refractivity contribution in [1.29, 1.82) is 0 Å². The normalized spacial score (nSPS) is 12.8. The van der Waals surface area contributed by atoms with E-state index < -0.39 is 0 Å². The maximum absolute atomic E-state index is 11.8. The molecule has 96 valence electrons. The number of aryl methyl sites for hydroxylation is 1. The summed E-state index contributed by atoms with van der Waals surface area (Å²) in [6.45, 7) is 6.74. The van der Waals surface area contributed by atoms with Gasteiger partial charge in [0.2, 0.25) is 0 Å². The van der Waals surface area contributed by atoms with Gasteiger partial charge in [0.25, 0.3) is 5.91 Å². The number of rotatable bonds is 5. The van der Waals surface area contributed by atoms with Crippen LogP contribution in [0, 0.1) is 12.8 Å². The number of halogens is 2. The van der Waals surface area contributed by atoms with Crippen molar-refractivity contribution in [2.45, 2.75) is 32.6 Å². The molecule has 1 heterocycles. The molecule has 1 N–H and O–H groups in total. The molecule has 5 heteroatoms. The second kappa shape index (κ2) is 6.76. The summed E-state index contributed by atoms with van der Waals surface area (Å²) in [5, 5.41) is 2.87. The fourth-order valence-electron chi connectivity index (χ4n) is 1.46. The Hall–Kier alpha value is -0.0600. The molecule has 0 aliphatic carbocycles. The first-order valence-corrected chi connectivity index (χ1v) is 7.63. The Morgan fingerprint density at radius 2 is 2.24 bits per heavy atom. The molecule has 1 rings (SSSR count). The number of hydrogen-bond donors (Lipinski definition) is 1. The summed E-state index contributed by atoms with van der Waals surface area (Å²) in [5.41, 5.74) is 1.09. The zero-order valence-electron chi connectivity index (χ0n) is 10.2. The smallest absolute Gasteiger partial charge is 0.261 e. The van der Waals surface area contributed by atoms with Crippen LogP contribution < -0.4 is 5.32 Å². The monoisotopic (exact) mass is 337 g/mol. The SMILES string of the molecule is Cc1cc(C(=O)NCC(Cl)CC(C)C)sc1Br. The van der Waals surface area contributed by atoms with Gasteiger partial charge in [-0.15, -0.1) is 22.9 Å². The second-order valence-electron chi connectivity index (χ2n) is 4.50. The molecule has 0 fully saturated rings. The molecule has 0 aliphatic heterocycles. The number of nitrogens with one attached hydrogen (secondary N) is 1. The van der Waals surface area contributed by atoms with Crippen LogP contribution in [0.15, 0.2) is 9.85 Å². The van der Waals surface area contributed by atoms with Crippen molar-refractivity contribution >= 4 is 44.8 Å². The Kier molecular flexibility index (Phi) is 5.97. The van der Waals surface area contributed by atoms with Crippen LogP contribution in [0.1, 0.15) is 35.5 Å². The van der Waals surface area contributed by atoms with Crippen LogP contribution in [-0.4, -0.2) is 17.8 Å². The Bertz CT molecular complexity index is 372. The summed E-state index contributed by atoms with van der Waals surface area (Å²) in [5.74, 6) is 0.505. The largest absolute Gasteiger partial charge is 0.350 e. The molecule has 0 spiro atoms. The lowest BCUT2D eigenvalue weighted by molar-refractivity contribution is 0.0957. The lowest BCUT2D eigenvalue weighted by atomic mass is 10.1. The van der Waals surface area contributed by atoms with Crippen LogP contribution in [0.5, 0.6) is 0 Å².